The van der Waals surface area contributed by atoms with Crippen LogP contribution >= 0.6 is 0 Å². The standard InChI is InChI=1S/C11H20NO2.Pr/c1-7(2)10(12-5)8(3)9(4)11(13)14-6;/h7,10H,1-6H3;/q-1;/b9-8+;/t10-;/m1./s1. The monoisotopic (exact) mass is 339 g/mol. The molecule has 0 aromatic rings. The van der Waals surface area contributed by atoms with Crippen molar-refractivity contribution in [3.63, 3.8) is 0 Å². The Morgan fingerprint density at radius 3 is 2.00 bits per heavy atom. The molecule has 0 saturated heterocycles. The molecule has 0 aliphatic heterocycles. The summed E-state index contributed by atoms with van der Waals surface area (Å²) in [7, 11) is 3.17. The number of esters is 1. The van der Waals surface area contributed by atoms with Crippen LogP contribution in [-0.4, -0.2) is 26.2 Å². The van der Waals surface area contributed by atoms with E-state index in [-0.39, 0.29) is 53.3 Å². The van der Waals surface area contributed by atoms with E-state index >= 15 is 0 Å². The van der Waals surface area contributed by atoms with Crippen LogP contribution in [0.5, 0.6) is 0 Å². The summed E-state index contributed by atoms with van der Waals surface area (Å²) in [5, 5.41) is 4.26. The largest absolute Gasteiger partial charge is 0.658 e. The molecule has 0 saturated carbocycles. The van der Waals surface area contributed by atoms with Gasteiger partial charge in [0.25, 0.3) is 0 Å². The zero-order valence-electron chi connectivity index (χ0n) is 10.5. The molecule has 0 heterocycles. The van der Waals surface area contributed by atoms with Gasteiger partial charge in [-0.25, -0.2) is 4.79 Å². The second-order valence-corrected chi connectivity index (χ2v) is 3.75. The molecular formula is C11H20NO2Pr-. The maximum absolute atomic E-state index is 11.3. The van der Waals surface area contributed by atoms with Crippen molar-refractivity contribution in [3.05, 3.63) is 16.5 Å². The van der Waals surface area contributed by atoms with Gasteiger partial charge in [-0.3, -0.25) is 0 Å². The molecule has 0 unspecified atom stereocenters. The van der Waals surface area contributed by atoms with Crippen LogP contribution in [0, 0.1) is 47.2 Å². The predicted molar refractivity (Wildman–Crippen MR) is 58.3 cm³/mol. The fourth-order valence-electron chi connectivity index (χ4n) is 1.53. The number of ether oxygens (including phenoxy) is 1. The van der Waals surface area contributed by atoms with Gasteiger partial charge in [-0.1, -0.05) is 25.3 Å². The van der Waals surface area contributed by atoms with E-state index in [0.29, 0.717) is 11.5 Å². The molecule has 0 aliphatic carbocycles. The Labute approximate surface area is 126 Å². The molecule has 3 nitrogen and oxygen atoms in total. The van der Waals surface area contributed by atoms with E-state index in [1.807, 2.05) is 6.92 Å². The van der Waals surface area contributed by atoms with Crippen molar-refractivity contribution in [2.45, 2.75) is 33.7 Å². The van der Waals surface area contributed by atoms with Gasteiger partial charge in [0, 0.05) is 46.9 Å². The zero-order chi connectivity index (χ0) is 11.3. The summed E-state index contributed by atoms with van der Waals surface area (Å²) in [4.78, 5) is 11.3. The number of carbonyl (C=O) groups is 1. The number of methoxy groups -OCH3 is 1. The SMILES string of the molecule is C[N-][C@@H](/C(C)=C(\C)C(=O)OC)C(C)C.[Pr]. The van der Waals surface area contributed by atoms with Gasteiger partial charge in [-0.05, 0) is 13.8 Å². The quantitative estimate of drug-likeness (QED) is 0.583. The third-order valence-corrected chi connectivity index (χ3v) is 2.44. The van der Waals surface area contributed by atoms with E-state index in [1.54, 1.807) is 14.0 Å². The molecule has 0 fully saturated rings. The smallest absolute Gasteiger partial charge is 0.333 e. The van der Waals surface area contributed by atoms with E-state index in [4.69, 9.17) is 0 Å². The molecular weight excluding hydrogens is 319 g/mol. The fraction of sp³-hybridized carbons (Fsp3) is 0.727. The summed E-state index contributed by atoms with van der Waals surface area (Å²) in [6.07, 6.45) is 0. The molecule has 0 rings (SSSR count). The summed E-state index contributed by atoms with van der Waals surface area (Å²) < 4.78 is 4.67. The minimum atomic E-state index is -0.267. The Kier molecular flexibility index (Phi) is 10.3. The number of rotatable bonds is 4. The van der Waals surface area contributed by atoms with Crippen molar-refractivity contribution in [1.82, 2.24) is 0 Å². The van der Waals surface area contributed by atoms with Crippen LogP contribution in [0.1, 0.15) is 27.7 Å². The summed E-state index contributed by atoms with van der Waals surface area (Å²) in [6.45, 7) is 7.89. The molecule has 0 aromatic carbocycles. The van der Waals surface area contributed by atoms with Crippen molar-refractivity contribution in [1.29, 1.82) is 0 Å². The average Bonchev–Trinajstić information content (AvgIpc) is 2.15. The van der Waals surface area contributed by atoms with Crippen molar-refractivity contribution < 1.29 is 50.8 Å². The second-order valence-electron chi connectivity index (χ2n) is 3.75. The number of likely N-dealkylation sites (N-methyl/N-ethyl adjacent to an activating group) is 1. The predicted octanol–water partition coefficient (Wildman–Crippen LogP) is 2.52. The van der Waals surface area contributed by atoms with Gasteiger partial charge in [0.2, 0.25) is 0 Å². The summed E-state index contributed by atoms with van der Waals surface area (Å²) >= 11 is 0. The van der Waals surface area contributed by atoms with Crippen LogP contribution in [0.25, 0.3) is 5.32 Å². The molecule has 85 valence electrons. The van der Waals surface area contributed by atoms with E-state index in [9.17, 15) is 4.79 Å². The van der Waals surface area contributed by atoms with Gasteiger partial charge >= 0.3 is 5.97 Å². The number of nitrogens with zero attached hydrogens (tertiary/aromatic N) is 1. The van der Waals surface area contributed by atoms with Crippen LogP contribution in [0.4, 0.5) is 0 Å². The van der Waals surface area contributed by atoms with Crippen LogP contribution in [0.15, 0.2) is 11.1 Å². The maximum Gasteiger partial charge on any atom is 0.333 e. The normalized spacial score (nSPS) is 14.1. The van der Waals surface area contributed by atoms with Gasteiger partial charge in [-0.15, -0.1) is 6.04 Å². The van der Waals surface area contributed by atoms with Crippen LogP contribution in [0.2, 0.25) is 0 Å². The van der Waals surface area contributed by atoms with E-state index < -0.39 is 0 Å². The van der Waals surface area contributed by atoms with Crippen molar-refractivity contribution >= 4 is 5.97 Å². The Morgan fingerprint density at radius 2 is 1.73 bits per heavy atom. The molecule has 0 N–H and O–H groups in total. The van der Waals surface area contributed by atoms with E-state index in [0.717, 1.165) is 5.57 Å². The summed E-state index contributed by atoms with van der Waals surface area (Å²) in [5.74, 6) is 0.136. The first kappa shape index (κ1) is 17.9. The molecule has 4 heteroatoms. The fourth-order valence-corrected chi connectivity index (χ4v) is 1.53. The van der Waals surface area contributed by atoms with Gasteiger partial charge < -0.3 is 10.1 Å². The van der Waals surface area contributed by atoms with Crippen molar-refractivity contribution in [3.8, 4) is 0 Å². The van der Waals surface area contributed by atoms with Crippen molar-refractivity contribution in [2.75, 3.05) is 14.2 Å². The van der Waals surface area contributed by atoms with Gasteiger partial charge in [0.15, 0.2) is 0 Å². The molecule has 0 amide bonds. The molecule has 0 aromatic heterocycles. The summed E-state index contributed by atoms with van der Waals surface area (Å²) in [5.41, 5.74) is 1.66. The van der Waals surface area contributed by atoms with Gasteiger partial charge in [-0.2, -0.15) is 7.05 Å². The minimum absolute atomic E-state index is 0. The third kappa shape index (κ3) is 5.41. The maximum atomic E-state index is 11.3. The Bertz CT molecular complexity index is 237. The van der Waals surface area contributed by atoms with Gasteiger partial charge in [0.05, 0.1) is 7.11 Å². The van der Waals surface area contributed by atoms with Crippen molar-refractivity contribution in [2.24, 2.45) is 5.92 Å². The number of carbonyl (C=O) groups excluding carboxylic acids is 1. The second kappa shape index (κ2) is 8.66. The Morgan fingerprint density at radius 1 is 1.27 bits per heavy atom. The topological polar surface area (TPSA) is 40.4 Å². The molecule has 0 bridgehead atoms. The van der Waals surface area contributed by atoms with E-state index in [1.165, 1.54) is 7.11 Å². The first-order chi connectivity index (χ1) is 6.45. The molecule has 1 atom stereocenters. The first-order valence-corrected chi connectivity index (χ1v) is 4.80. The molecule has 0 aliphatic rings. The average molecular weight is 339 g/mol. The van der Waals surface area contributed by atoms with Crippen LogP contribution in [0.3, 0.4) is 0 Å². The number of hydrogen-bond donors (Lipinski definition) is 0. The molecule has 1 radical (unpaired) electrons. The third-order valence-electron chi connectivity index (χ3n) is 2.44. The summed E-state index contributed by atoms with van der Waals surface area (Å²) in [6, 6.07) is 0.106. The zero-order valence-corrected chi connectivity index (χ0v) is 14.2. The Balaban J connectivity index is 0. The minimum Gasteiger partial charge on any atom is -0.658 e. The van der Waals surface area contributed by atoms with Crippen LogP contribution < -0.4 is 0 Å². The number of hydrogen-bond acceptors (Lipinski definition) is 2. The Hall–Kier alpha value is 0.534. The van der Waals surface area contributed by atoms with Crippen LogP contribution in [-0.2, 0) is 9.53 Å². The molecule has 15 heavy (non-hydrogen) atoms. The van der Waals surface area contributed by atoms with E-state index in [2.05, 4.69) is 23.9 Å². The first-order valence-electron chi connectivity index (χ1n) is 4.80. The molecule has 0 spiro atoms. The van der Waals surface area contributed by atoms with Gasteiger partial charge in [0.1, 0.15) is 0 Å².